The molecule has 0 bridgehead atoms. The molecular weight excluding hydrogens is 862 g/mol. The summed E-state index contributed by atoms with van der Waals surface area (Å²) in [5, 5.41) is 26.5. The number of rotatable bonds is 25. The van der Waals surface area contributed by atoms with E-state index >= 15 is 0 Å². The molecule has 1 saturated heterocycles. The van der Waals surface area contributed by atoms with Crippen molar-refractivity contribution in [2.75, 3.05) is 84.5 Å². The SMILES string of the molecule is CC1(C)C(NC(=O)c2ccc(OCCOCCOCCOCCOCCOCCNc3cccc4nnn(C5CCC(=O)NC5=O)c(=O)c34)cc2)C(C)(C)C1Oc1ccc(C#N)c(Cl)c1. The van der Waals surface area contributed by atoms with Gasteiger partial charge in [-0.25, -0.2) is 0 Å². The highest BCUT2D eigenvalue weighted by Crippen LogP contribution is 2.55. The molecule has 3 N–H and O–H groups in total. The maximum Gasteiger partial charge on any atom is 0.280 e. The third-order valence-corrected chi connectivity index (χ3v) is 11.6. The van der Waals surface area contributed by atoms with Crippen LogP contribution in [0, 0.1) is 22.2 Å². The number of imide groups is 1. The van der Waals surface area contributed by atoms with Crippen molar-refractivity contribution in [3.8, 4) is 17.6 Å². The lowest BCUT2D eigenvalue weighted by Gasteiger charge is -2.63. The molecule has 18 nitrogen and oxygen atoms in total. The molecule has 1 aliphatic heterocycles. The third-order valence-electron chi connectivity index (χ3n) is 11.3. The monoisotopic (exact) mass is 917 g/mol. The molecule has 1 saturated carbocycles. The first-order valence-corrected chi connectivity index (χ1v) is 21.9. The number of nitrogens with one attached hydrogen (secondary N) is 3. The lowest BCUT2D eigenvalue weighted by atomic mass is 9.49. The Balaban J connectivity index is 0.744. The van der Waals surface area contributed by atoms with E-state index in [1.807, 2.05) is 0 Å². The van der Waals surface area contributed by atoms with Crippen molar-refractivity contribution >= 4 is 45.9 Å². The summed E-state index contributed by atoms with van der Waals surface area (Å²) in [4.78, 5) is 50.4. The van der Waals surface area contributed by atoms with Gasteiger partial charge in [0.2, 0.25) is 5.91 Å². The molecule has 4 aromatic rings. The second-order valence-electron chi connectivity index (χ2n) is 16.7. The van der Waals surface area contributed by atoms with E-state index in [1.54, 1.807) is 60.7 Å². The van der Waals surface area contributed by atoms with Crippen LogP contribution in [0.25, 0.3) is 10.9 Å². The molecule has 1 aromatic heterocycles. The molecule has 0 radical (unpaired) electrons. The molecule has 3 amide bonds. The predicted molar refractivity (Wildman–Crippen MR) is 239 cm³/mol. The summed E-state index contributed by atoms with van der Waals surface area (Å²) < 4.78 is 41.1. The Morgan fingerprint density at radius 2 is 1.43 bits per heavy atom. The van der Waals surface area contributed by atoms with Gasteiger partial charge in [0.15, 0.2) is 0 Å². The van der Waals surface area contributed by atoms with Crippen molar-refractivity contribution in [2.24, 2.45) is 10.8 Å². The Hall–Kier alpha value is -5.68. The van der Waals surface area contributed by atoms with Crippen molar-refractivity contribution < 1.29 is 47.5 Å². The van der Waals surface area contributed by atoms with Crippen molar-refractivity contribution in [2.45, 2.75) is 58.7 Å². The smallest absolute Gasteiger partial charge is 0.280 e. The fourth-order valence-corrected chi connectivity index (χ4v) is 8.55. The number of benzene rings is 3. The minimum absolute atomic E-state index is 0.120. The van der Waals surface area contributed by atoms with E-state index in [9.17, 15) is 24.4 Å². The Morgan fingerprint density at radius 3 is 2.03 bits per heavy atom. The summed E-state index contributed by atoms with van der Waals surface area (Å²) in [5.41, 5.74) is 0.622. The van der Waals surface area contributed by atoms with Crippen LogP contribution in [-0.2, 0) is 33.3 Å². The summed E-state index contributed by atoms with van der Waals surface area (Å²) >= 11 is 6.22. The molecule has 0 spiro atoms. The van der Waals surface area contributed by atoms with E-state index in [-0.39, 0.29) is 47.6 Å². The summed E-state index contributed by atoms with van der Waals surface area (Å²) in [7, 11) is 0. The Kier molecular flexibility index (Phi) is 17.2. The second-order valence-corrected chi connectivity index (χ2v) is 17.1. The number of hydrogen-bond donors (Lipinski definition) is 3. The van der Waals surface area contributed by atoms with Crippen LogP contribution in [-0.4, -0.2) is 124 Å². The van der Waals surface area contributed by atoms with Gasteiger partial charge in [-0.1, -0.05) is 50.6 Å². The number of anilines is 1. The first-order chi connectivity index (χ1) is 31.3. The van der Waals surface area contributed by atoms with Crippen LogP contribution < -0.4 is 31.0 Å². The maximum atomic E-state index is 13.3. The Labute approximate surface area is 382 Å². The zero-order valence-corrected chi connectivity index (χ0v) is 37.8. The molecule has 19 heteroatoms. The number of piperidine rings is 1. The van der Waals surface area contributed by atoms with Crippen LogP contribution in [0.1, 0.15) is 62.5 Å². The molecule has 1 atom stereocenters. The molecule has 65 heavy (non-hydrogen) atoms. The summed E-state index contributed by atoms with van der Waals surface area (Å²) in [6, 6.07) is 18.2. The van der Waals surface area contributed by atoms with E-state index in [4.69, 9.17) is 44.8 Å². The number of nitriles is 1. The van der Waals surface area contributed by atoms with Crippen molar-refractivity contribution in [1.82, 2.24) is 25.6 Å². The van der Waals surface area contributed by atoms with Gasteiger partial charge in [0.25, 0.3) is 17.4 Å². The lowest BCUT2D eigenvalue weighted by Crippen LogP contribution is -2.74. The minimum Gasteiger partial charge on any atom is -0.491 e. The van der Waals surface area contributed by atoms with E-state index in [0.29, 0.717) is 123 Å². The van der Waals surface area contributed by atoms with E-state index < -0.39 is 17.5 Å². The van der Waals surface area contributed by atoms with Crippen molar-refractivity contribution in [1.29, 1.82) is 5.26 Å². The zero-order chi connectivity index (χ0) is 46.4. The number of nitrogens with zero attached hydrogens (tertiary/aromatic N) is 4. The average molecular weight is 918 g/mol. The summed E-state index contributed by atoms with van der Waals surface area (Å²) in [5.74, 6) is 0.0739. The number of fused-ring (bicyclic) bond motifs is 1. The quantitative estimate of drug-likeness (QED) is 0.0616. The number of halogens is 1. The Bertz CT molecular complexity index is 2350. The number of ether oxygens (including phenoxy) is 7. The predicted octanol–water partition coefficient (Wildman–Crippen LogP) is 4.48. The average Bonchev–Trinajstić information content (AvgIpc) is 3.28. The van der Waals surface area contributed by atoms with E-state index in [0.717, 1.165) is 4.68 Å². The van der Waals surface area contributed by atoms with Crippen LogP contribution in [0.15, 0.2) is 65.5 Å². The third kappa shape index (κ3) is 12.6. The normalized spacial score (nSPS) is 18.6. The maximum absolute atomic E-state index is 13.3. The van der Waals surface area contributed by atoms with Gasteiger partial charge in [-0.3, -0.25) is 24.5 Å². The van der Waals surface area contributed by atoms with Crippen LogP contribution in [0.5, 0.6) is 11.5 Å². The first kappa shape index (κ1) is 48.8. The van der Waals surface area contributed by atoms with E-state index in [2.05, 4.69) is 60.0 Å². The van der Waals surface area contributed by atoms with Crippen LogP contribution in [0.3, 0.4) is 0 Å². The first-order valence-electron chi connectivity index (χ1n) is 21.6. The number of amides is 3. The molecule has 2 heterocycles. The van der Waals surface area contributed by atoms with Gasteiger partial charge < -0.3 is 43.8 Å². The largest absolute Gasteiger partial charge is 0.491 e. The molecular formula is C46H56ClN7O11. The van der Waals surface area contributed by atoms with Gasteiger partial charge in [-0.15, -0.1) is 5.10 Å². The van der Waals surface area contributed by atoms with Gasteiger partial charge in [-0.05, 0) is 55.0 Å². The second kappa shape index (κ2) is 23.0. The van der Waals surface area contributed by atoms with Crippen LogP contribution >= 0.6 is 11.6 Å². The molecule has 2 aliphatic rings. The van der Waals surface area contributed by atoms with Gasteiger partial charge >= 0.3 is 0 Å². The van der Waals surface area contributed by atoms with Gasteiger partial charge in [0.1, 0.15) is 41.8 Å². The number of aromatic nitrogens is 3. The van der Waals surface area contributed by atoms with Crippen molar-refractivity contribution in [3.63, 3.8) is 0 Å². The highest BCUT2D eigenvalue weighted by Gasteiger charge is 2.64. The number of carbonyl (C=O) groups excluding carboxylic acids is 3. The Morgan fingerprint density at radius 1 is 0.831 bits per heavy atom. The molecule has 6 rings (SSSR count). The summed E-state index contributed by atoms with van der Waals surface area (Å²) in [6.07, 6.45) is 0.0979. The minimum atomic E-state index is -0.900. The van der Waals surface area contributed by atoms with Gasteiger partial charge in [-0.2, -0.15) is 9.94 Å². The topological polar surface area (TPSA) is 223 Å². The van der Waals surface area contributed by atoms with Crippen LogP contribution in [0.2, 0.25) is 5.02 Å². The van der Waals surface area contributed by atoms with Gasteiger partial charge in [0, 0.05) is 47.2 Å². The molecule has 3 aromatic carbocycles. The standard InChI is InChI=1S/C46H56ClN7O11/c1-45(2)43(46(3,4)44(45)65-33-13-10-31(29-48)34(47)28-33)51-40(56)30-8-11-32(12-9-30)64-27-26-63-25-24-62-23-22-61-21-20-60-19-18-59-17-16-49-35-6-5-7-36-39(35)42(58)54(53-52-36)37-14-15-38(55)50-41(37)57/h5-13,28,37,43-44,49H,14-27H2,1-4H3,(H,51,56)(H,50,55,57). The summed E-state index contributed by atoms with van der Waals surface area (Å²) in [6.45, 7) is 13.0. The molecule has 1 aliphatic carbocycles. The molecule has 348 valence electrons. The van der Waals surface area contributed by atoms with E-state index in [1.165, 1.54) is 0 Å². The number of hydrogen-bond acceptors (Lipinski definition) is 15. The number of carbonyl (C=O) groups is 3. The van der Waals surface area contributed by atoms with Gasteiger partial charge in [0.05, 0.1) is 82.0 Å². The molecule has 2 fully saturated rings. The fourth-order valence-electron chi connectivity index (χ4n) is 8.34. The van der Waals surface area contributed by atoms with Crippen LogP contribution in [0.4, 0.5) is 5.69 Å². The zero-order valence-electron chi connectivity index (χ0n) is 37.1. The van der Waals surface area contributed by atoms with Crippen molar-refractivity contribution in [3.05, 3.63) is 87.2 Å². The lowest BCUT2D eigenvalue weighted by molar-refractivity contribution is -0.164. The highest BCUT2D eigenvalue weighted by molar-refractivity contribution is 6.31. The molecule has 1 unspecified atom stereocenters. The highest BCUT2D eigenvalue weighted by atomic mass is 35.5. The fraction of sp³-hybridized carbons (Fsp3) is 0.500.